The standard InChI is InChI=1S/C14H12F3NO2/c1-2-10-7-13(19)18(8-10)11-5-3-4-6-12(11)20-9-14(15,16)17/h1,3-6,10H,7-9H2. The van der Waals surface area contributed by atoms with Crippen LogP contribution < -0.4 is 9.64 Å². The van der Waals surface area contributed by atoms with Gasteiger partial charge in [-0.1, -0.05) is 12.1 Å². The molecule has 1 aliphatic heterocycles. The number of hydrogen-bond acceptors (Lipinski definition) is 2. The van der Waals surface area contributed by atoms with Crippen LogP contribution in [0.2, 0.25) is 0 Å². The number of rotatable bonds is 3. The van der Waals surface area contributed by atoms with E-state index in [1.165, 1.54) is 11.0 Å². The quantitative estimate of drug-likeness (QED) is 0.798. The monoisotopic (exact) mass is 283 g/mol. The maximum Gasteiger partial charge on any atom is 0.422 e. The van der Waals surface area contributed by atoms with Crippen molar-refractivity contribution in [2.75, 3.05) is 18.1 Å². The average Bonchev–Trinajstić information content (AvgIpc) is 2.77. The minimum absolute atomic E-state index is 0.0239. The summed E-state index contributed by atoms with van der Waals surface area (Å²) in [5.74, 6) is 2.07. The van der Waals surface area contributed by atoms with Gasteiger partial charge in [-0.05, 0) is 12.1 Å². The summed E-state index contributed by atoms with van der Waals surface area (Å²) in [6.45, 7) is -1.10. The zero-order valence-electron chi connectivity index (χ0n) is 10.5. The van der Waals surface area contributed by atoms with Crippen LogP contribution in [-0.4, -0.2) is 25.2 Å². The molecule has 3 nitrogen and oxygen atoms in total. The lowest BCUT2D eigenvalue weighted by atomic mass is 10.1. The van der Waals surface area contributed by atoms with Crippen LogP contribution >= 0.6 is 0 Å². The lowest BCUT2D eigenvalue weighted by Gasteiger charge is -2.20. The molecule has 1 aromatic rings. The minimum Gasteiger partial charge on any atom is -0.482 e. The summed E-state index contributed by atoms with van der Waals surface area (Å²) in [6, 6.07) is 6.13. The van der Waals surface area contributed by atoms with Crippen LogP contribution in [0.1, 0.15) is 6.42 Å². The Morgan fingerprint density at radius 2 is 2.10 bits per heavy atom. The largest absolute Gasteiger partial charge is 0.482 e. The maximum absolute atomic E-state index is 12.2. The molecule has 0 N–H and O–H groups in total. The predicted molar refractivity (Wildman–Crippen MR) is 67.3 cm³/mol. The van der Waals surface area contributed by atoms with E-state index in [1.54, 1.807) is 18.2 Å². The van der Waals surface area contributed by atoms with E-state index in [1.807, 2.05) is 0 Å². The highest BCUT2D eigenvalue weighted by Gasteiger charge is 2.32. The number of benzene rings is 1. The first kappa shape index (κ1) is 14.3. The Balaban J connectivity index is 2.20. The summed E-state index contributed by atoms with van der Waals surface area (Å²) in [5.41, 5.74) is 0.319. The van der Waals surface area contributed by atoms with Gasteiger partial charge in [0.2, 0.25) is 5.91 Å². The van der Waals surface area contributed by atoms with E-state index in [0.29, 0.717) is 12.2 Å². The first-order valence-electron chi connectivity index (χ1n) is 5.96. The molecule has 0 aromatic heterocycles. The highest BCUT2D eigenvalue weighted by atomic mass is 19.4. The second-order valence-electron chi connectivity index (χ2n) is 4.44. The number of carbonyl (C=O) groups is 1. The van der Waals surface area contributed by atoms with Crippen LogP contribution in [0, 0.1) is 18.3 Å². The molecule has 1 atom stereocenters. The summed E-state index contributed by atoms with van der Waals surface area (Å²) in [7, 11) is 0. The first-order valence-corrected chi connectivity index (χ1v) is 5.96. The Hall–Kier alpha value is -2.16. The lowest BCUT2D eigenvalue weighted by molar-refractivity contribution is -0.153. The average molecular weight is 283 g/mol. The molecule has 1 saturated heterocycles. The van der Waals surface area contributed by atoms with Crippen molar-refractivity contribution in [1.82, 2.24) is 0 Å². The van der Waals surface area contributed by atoms with E-state index in [9.17, 15) is 18.0 Å². The molecular formula is C14H12F3NO2. The topological polar surface area (TPSA) is 29.5 Å². The fourth-order valence-corrected chi connectivity index (χ4v) is 2.01. The fourth-order valence-electron chi connectivity index (χ4n) is 2.01. The van der Waals surface area contributed by atoms with E-state index in [2.05, 4.69) is 5.92 Å². The Kier molecular flexibility index (Phi) is 3.89. The van der Waals surface area contributed by atoms with Crippen LogP contribution in [0.3, 0.4) is 0 Å². The van der Waals surface area contributed by atoms with Crippen LogP contribution in [0.25, 0.3) is 0 Å². The van der Waals surface area contributed by atoms with Gasteiger partial charge in [0.1, 0.15) is 5.75 Å². The third-order valence-electron chi connectivity index (χ3n) is 2.91. The van der Waals surface area contributed by atoms with E-state index in [-0.39, 0.29) is 24.0 Å². The van der Waals surface area contributed by atoms with Crippen LogP contribution in [0.4, 0.5) is 18.9 Å². The van der Waals surface area contributed by atoms with E-state index in [0.717, 1.165) is 0 Å². The van der Waals surface area contributed by atoms with Crippen molar-refractivity contribution >= 4 is 11.6 Å². The second-order valence-corrected chi connectivity index (χ2v) is 4.44. The second kappa shape index (κ2) is 5.45. The molecule has 0 radical (unpaired) electrons. The molecule has 0 saturated carbocycles. The summed E-state index contributed by atoms with van der Waals surface area (Å²) in [5, 5.41) is 0. The molecule has 1 fully saturated rings. The maximum atomic E-state index is 12.2. The van der Waals surface area contributed by atoms with Gasteiger partial charge in [0, 0.05) is 18.9 Å². The number of halogens is 3. The molecule has 0 spiro atoms. The highest BCUT2D eigenvalue weighted by Crippen LogP contribution is 2.33. The zero-order chi connectivity index (χ0) is 14.8. The van der Waals surface area contributed by atoms with Gasteiger partial charge >= 0.3 is 6.18 Å². The van der Waals surface area contributed by atoms with Gasteiger partial charge in [-0.3, -0.25) is 4.79 Å². The number of ether oxygens (including phenoxy) is 1. The van der Waals surface area contributed by atoms with Crippen molar-refractivity contribution in [3.05, 3.63) is 24.3 Å². The van der Waals surface area contributed by atoms with Crippen molar-refractivity contribution < 1.29 is 22.7 Å². The van der Waals surface area contributed by atoms with Crippen molar-refractivity contribution in [3.8, 4) is 18.1 Å². The van der Waals surface area contributed by atoms with Gasteiger partial charge in [-0.15, -0.1) is 12.3 Å². The van der Waals surface area contributed by atoms with Gasteiger partial charge in [-0.2, -0.15) is 13.2 Å². The number of nitrogens with zero attached hydrogens (tertiary/aromatic N) is 1. The third kappa shape index (κ3) is 3.23. The van der Waals surface area contributed by atoms with Crippen molar-refractivity contribution in [1.29, 1.82) is 0 Å². The molecule has 1 aliphatic rings. The fraction of sp³-hybridized carbons (Fsp3) is 0.357. The van der Waals surface area contributed by atoms with Gasteiger partial charge in [-0.25, -0.2) is 0 Å². The number of hydrogen-bond donors (Lipinski definition) is 0. The lowest BCUT2D eigenvalue weighted by Crippen LogP contribution is -2.26. The number of carbonyl (C=O) groups excluding carboxylic acids is 1. The molecule has 0 bridgehead atoms. The Morgan fingerprint density at radius 1 is 1.40 bits per heavy atom. The van der Waals surface area contributed by atoms with Crippen molar-refractivity contribution in [2.45, 2.75) is 12.6 Å². The number of amides is 1. The molecule has 106 valence electrons. The van der Waals surface area contributed by atoms with Gasteiger partial charge in [0.05, 0.1) is 5.69 Å². The molecule has 1 heterocycles. The summed E-state index contributed by atoms with van der Waals surface area (Å²) >= 11 is 0. The normalized spacial score (nSPS) is 19.0. The molecular weight excluding hydrogens is 271 g/mol. The van der Waals surface area contributed by atoms with E-state index >= 15 is 0 Å². The molecule has 1 amide bonds. The van der Waals surface area contributed by atoms with Gasteiger partial charge in [0.15, 0.2) is 6.61 Å². The number of anilines is 1. The van der Waals surface area contributed by atoms with Crippen molar-refractivity contribution in [2.24, 2.45) is 5.92 Å². The Bertz CT molecular complexity index is 548. The van der Waals surface area contributed by atoms with Crippen LogP contribution in [-0.2, 0) is 4.79 Å². The minimum atomic E-state index is -4.43. The first-order chi connectivity index (χ1) is 9.40. The molecule has 1 unspecified atom stereocenters. The summed E-state index contributed by atoms with van der Waals surface area (Å²) < 4.78 is 41.4. The number of alkyl halides is 3. The molecule has 6 heteroatoms. The number of terminal acetylenes is 1. The third-order valence-corrected chi connectivity index (χ3v) is 2.91. The van der Waals surface area contributed by atoms with E-state index in [4.69, 9.17) is 11.2 Å². The Labute approximate surface area is 114 Å². The van der Waals surface area contributed by atoms with Crippen LogP contribution in [0.5, 0.6) is 5.75 Å². The summed E-state index contributed by atoms with van der Waals surface area (Å²) in [6.07, 6.45) is 1.05. The SMILES string of the molecule is C#CC1CC(=O)N(c2ccccc2OCC(F)(F)F)C1. The smallest absolute Gasteiger partial charge is 0.422 e. The van der Waals surface area contributed by atoms with Crippen LogP contribution in [0.15, 0.2) is 24.3 Å². The Morgan fingerprint density at radius 3 is 2.70 bits per heavy atom. The molecule has 0 aliphatic carbocycles. The van der Waals surface area contributed by atoms with Gasteiger partial charge in [0.25, 0.3) is 0 Å². The molecule has 2 rings (SSSR count). The molecule has 1 aromatic carbocycles. The van der Waals surface area contributed by atoms with E-state index < -0.39 is 12.8 Å². The number of para-hydroxylation sites is 2. The summed E-state index contributed by atoms with van der Waals surface area (Å²) in [4.78, 5) is 13.2. The van der Waals surface area contributed by atoms with Crippen molar-refractivity contribution in [3.63, 3.8) is 0 Å². The van der Waals surface area contributed by atoms with Gasteiger partial charge < -0.3 is 9.64 Å². The predicted octanol–water partition coefficient (Wildman–Crippen LogP) is 2.61. The zero-order valence-corrected chi connectivity index (χ0v) is 10.5. The highest BCUT2D eigenvalue weighted by molar-refractivity contribution is 5.97. The molecule has 20 heavy (non-hydrogen) atoms.